The SMILES string of the molecule is CC(C)(C)OC(=O)NCC(C)(C)C(C)(C)C(=O)NCCCn1cc(-c2ccc3c(c2)CCN3C=O)c2c(N)ncnc21. The van der Waals surface area contributed by atoms with Gasteiger partial charge < -0.3 is 30.6 Å². The molecule has 3 heterocycles. The Morgan fingerprint density at radius 2 is 1.83 bits per heavy atom. The highest BCUT2D eigenvalue weighted by Crippen LogP contribution is 2.39. The van der Waals surface area contributed by atoms with Crippen LogP contribution in [0.3, 0.4) is 0 Å². The van der Waals surface area contributed by atoms with Crippen molar-refractivity contribution in [2.24, 2.45) is 10.8 Å². The summed E-state index contributed by atoms with van der Waals surface area (Å²) >= 11 is 0. The summed E-state index contributed by atoms with van der Waals surface area (Å²) in [5.41, 5.74) is 9.12. The molecule has 0 spiro atoms. The number of aryl methyl sites for hydroxylation is 1. The van der Waals surface area contributed by atoms with Gasteiger partial charge in [0.1, 0.15) is 23.4 Å². The Hall–Kier alpha value is -4.15. The second-order valence-electron chi connectivity index (χ2n) is 13.1. The van der Waals surface area contributed by atoms with Gasteiger partial charge in [0.25, 0.3) is 0 Å². The van der Waals surface area contributed by atoms with E-state index in [0.717, 1.165) is 46.2 Å². The number of ether oxygens (including phenoxy) is 1. The Balaban J connectivity index is 1.41. The number of hydrogen-bond donors (Lipinski definition) is 3. The number of aromatic nitrogens is 3. The monoisotopic (exact) mass is 577 g/mol. The van der Waals surface area contributed by atoms with E-state index in [1.54, 1.807) is 4.90 Å². The van der Waals surface area contributed by atoms with Crippen molar-refractivity contribution in [1.82, 2.24) is 25.2 Å². The lowest BCUT2D eigenvalue weighted by molar-refractivity contribution is -0.135. The Kier molecular flexibility index (Phi) is 8.52. The van der Waals surface area contributed by atoms with Crippen LogP contribution >= 0.6 is 0 Å². The van der Waals surface area contributed by atoms with Gasteiger partial charge in [-0.1, -0.05) is 33.8 Å². The number of rotatable bonds is 10. The molecule has 42 heavy (non-hydrogen) atoms. The third-order valence-electron chi connectivity index (χ3n) is 8.33. The van der Waals surface area contributed by atoms with Crippen LogP contribution in [-0.2, 0) is 27.3 Å². The molecule has 0 radical (unpaired) electrons. The van der Waals surface area contributed by atoms with Gasteiger partial charge in [-0.05, 0) is 62.3 Å². The van der Waals surface area contributed by atoms with E-state index in [1.807, 2.05) is 71.4 Å². The molecule has 0 saturated carbocycles. The number of nitrogens with two attached hydrogens (primary N) is 1. The summed E-state index contributed by atoms with van der Waals surface area (Å²) in [6, 6.07) is 6.07. The van der Waals surface area contributed by atoms with Gasteiger partial charge in [0.15, 0.2) is 0 Å². The molecule has 3 aromatic rings. The highest BCUT2D eigenvalue weighted by atomic mass is 16.6. The first-order chi connectivity index (χ1) is 19.6. The molecule has 0 saturated heterocycles. The minimum Gasteiger partial charge on any atom is -0.444 e. The van der Waals surface area contributed by atoms with E-state index in [0.29, 0.717) is 31.9 Å². The molecular formula is C31H43N7O4. The van der Waals surface area contributed by atoms with Crippen LogP contribution in [0.5, 0.6) is 0 Å². The van der Waals surface area contributed by atoms with Crippen molar-refractivity contribution >= 4 is 40.9 Å². The molecule has 1 aromatic carbocycles. The lowest BCUT2D eigenvalue weighted by Gasteiger charge is -2.40. The molecule has 2 aromatic heterocycles. The first-order valence-corrected chi connectivity index (χ1v) is 14.3. The third-order valence-corrected chi connectivity index (χ3v) is 8.33. The lowest BCUT2D eigenvalue weighted by atomic mass is 9.67. The van der Waals surface area contributed by atoms with Crippen LogP contribution in [0.25, 0.3) is 22.2 Å². The summed E-state index contributed by atoms with van der Waals surface area (Å²) in [5, 5.41) is 6.66. The maximum Gasteiger partial charge on any atom is 0.407 e. The van der Waals surface area contributed by atoms with E-state index >= 15 is 0 Å². The van der Waals surface area contributed by atoms with Crippen molar-refractivity contribution in [2.45, 2.75) is 73.5 Å². The first kappa shape index (κ1) is 30.8. The largest absolute Gasteiger partial charge is 0.444 e. The molecule has 11 heteroatoms. The van der Waals surface area contributed by atoms with Crippen LogP contribution in [-0.4, -0.2) is 58.2 Å². The summed E-state index contributed by atoms with van der Waals surface area (Å²) in [6.07, 6.45) is 5.32. The van der Waals surface area contributed by atoms with Crippen LogP contribution in [0.15, 0.2) is 30.7 Å². The number of benzene rings is 1. The van der Waals surface area contributed by atoms with Gasteiger partial charge in [-0.2, -0.15) is 0 Å². The fraction of sp³-hybridized carbons (Fsp3) is 0.516. The van der Waals surface area contributed by atoms with Crippen molar-refractivity contribution in [3.05, 3.63) is 36.3 Å². The number of alkyl carbamates (subject to hydrolysis) is 1. The van der Waals surface area contributed by atoms with Gasteiger partial charge in [-0.3, -0.25) is 9.59 Å². The van der Waals surface area contributed by atoms with Crippen molar-refractivity contribution in [3.63, 3.8) is 0 Å². The molecule has 11 nitrogen and oxygen atoms in total. The summed E-state index contributed by atoms with van der Waals surface area (Å²) in [7, 11) is 0. The fourth-order valence-corrected chi connectivity index (χ4v) is 5.05. The van der Waals surface area contributed by atoms with Gasteiger partial charge in [-0.25, -0.2) is 14.8 Å². The molecule has 0 fully saturated rings. The van der Waals surface area contributed by atoms with Crippen molar-refractivity contribution in [1.29, 1.82) is 0 Å². The zero-order chi connectivity index (χ0) is 30.9. The van der Waals surface area contributed by atoms with E-state index in [2.05, 4.69) is 26.7 Å². The topological polar surface area (TPSA) is 144 Å². The summed E-state index contributed by atoms with van der Waals surface area (Å²) in [5.74, 6) is 0.312. The van der Waals surface area contributed by atoms with Crippen molar-refractivity contribution < 1.29 is 19.1 Å². The standard InChI is InChI=1S/C31H43N7O4/c1-29(2,3)42-28(41)34-17-30(4,5)31(6,7)27(40)33-12-8-13-37-16-22(24-25(32)35-18-36-26(24)37)20-9-10-23-21(15-20)11-14-38(23)19-39/h9-10,15-16,18-19H,8,11-14,17H2,1-7H3,(H,33,40)(H,34,41)(H2,32,35,36). The Bertz CT molecular complexity index is 1490. The molecule has 4 N–H and O–H groups in total. The van der Waals surface area contributed by atoms with E-state index in [9.17, 15) is 14.4 Å². The molecule has 0 atom stereocenters. The first-order valence-electron chi connectivity index (χ1n) is 14.3. The predicted octanol–water partition coefficient (Wildman–Crippen LogP) is 4.28. The Labute approximate surface area is 247 Å². The zero-order valence-electron chi connectivity index (χ0n) is 25.7. The second kappa shape index (κ2) is 11.6. The maximum absolute atomic E-state index is 13.3. The summed E-state index contributed by atoms with van der Waals surface area (Å²) in [6.45, 7) is 15.2. The van der Waals surface area contributed by atoms with Crippen molar-refractivity contribution in [3.8, 4) is 11.1 Å². The molecule has 0 bridgehead atoms. The number of nitrogens with one attached hydrogen (secondary N) is 2. The van der Waals surface area contributed by atoms with E-state index in [4.69, 9.17) is 10.5 Å². The van der Waals surface area contributed by atoms with Gasteiger partial charge in [0.05, 0.1) is 10.8 Å². The number of carbonyl (C=O) groups excluding carboxylic acids is 3. The average Bonchev–Trinajstić information content (AvgIpc) is 3.50. The summed E-state index contributed by atoms with van der Waals surface area (Å²) < 4.78 is 7.38. The number of fused-ring (bicyclic) bond motifs is 2. The minimum absolute atomic E-state index is 0.0920. The van der Waals surface area contributed by atoms with Gasteiger partial charge in [0, 0.05) is 43.6 Å². The summed E-state index contributed by atoms with van der Waals surface area (Å²) in [4.78, 5) is 47.2. The molecule has 226 valence electrons. The van der Waals surface area contributed by atoms with E-state index < -0.39 is 22.5 Å². The number of amides is 3. The Morgan fingerprint density at radius 3 is 2.52 bits per heavy atom. The van der Waals surface area contributed by atoms with Gasteiger partial charge >= 0.3 is 6.09 Å². The van der Waals surface area contributed by atoms with E-state index in [1.165, 1.54) is 6.33 Å². The second-order valence-corrected chi connectivity index (χ2v) is 13.1. The molecule has 0 aliphatic carbocycles. The fourth-order valence-electron chi connectivity index (χ4n) is 5.05. The molecule has 1 aliphatic heterocycles. The number of hydrogen-bond acceptors (Lipinski definition) is 7. The smallest absolute Gasteiger partial charge is 0.407 e. The molecular weight excluding hydrogens is 534 g/mol. The van der Waals surface area contributed by atoms with Gasteiger partial charge in [0.2, 0.25) is 12.3 Å². The van der Waals surface area contributed by atoms with Crippen LogP contribution in [0.1, 0.15) is 60.5 Å². The average molecular weight is 578 g/mol. The highest BCUT2D eigenvalue weighted by Gasteiger charge is 2.43. The molecule has 3 amide bonds. The molecule has 4 rings (SSSR count). The molecule has 1 aliphatic rings. The third kappa shape index (κ3) is 6.34. The number of carbonyl (C=O) groups is 3. The van der Waals surface area contributed by atoms with Crippen LogP contribution in [0.4, 0.5) is 16.3 Å². The molecule has 0 unspecified atom stereocenters. The number of nitrogen functional groups attached to an aromatic ring is 1. The normalized spacial score (nSPS) is 13.6. The number of nitrogens with zero attached hydrogens (tertiary/aromatic N) is 4. The van der Waals surface area contributed by atoms with Crippen LogP contribution in [0, 0.1) is 10.8 Å². The van der Waals surface area contributed by atoms with Gasteiger partial charge in [-0.15, -0.1) is 0 Å². The Morgan fingerprint density at radius 1 is 1.10 bits per heavy atom. The predicted molar refractivity (Wildman–Crippen MR) is 164 cm³/mol. The lowest BCUT2D eigenvalue weighted by Crippen LogP contribution is -2.51. The van der Waals surface area contributed by atoms with Crippen LogP contribution in [0.2, 0.25) is 0 Å². The van der Waals surface area contributed by atoms with Crippen LogP contribution < -0.4 is 21.3 Å². The van der Waals surface area contributed by atoms with Crippen molar-refractivity contribution in [2.75, 3.05) is 30.3 Å². The minimum atomic E-state index is -0.760. The quantitative estimate of drug-likeness (QED) is 0.241. The highest BCUT2D eigenvalue weighted by molar-refractivity contribution is 6.01. The zero-order valence-corrected chi connectivity index (χ0v) is 25.7. The number of anilines is 2. The van der Waals surface area contributed by atoms with E-state index in [-0.39, 0.29) is 12.5 Å². The maximum atomic E-state index is 13.3.